The van der Waals surface area contributed by atoms with E-state index in [0.29, 0.717) is 0 Å². The number of rotatable bonds is 4. The van der Waals surface area contributed by atoms with Crippen LogP contribution < -0.4 is 0 Å². The van der Waals surface area contributed by atoms with Gasteiger partial charge >= 0.3 is 0 Å². The molecule has 0 fully saturated rings. The fourth-order valence-electron chi connectivity index (χ4n) is 1.82. The first kappa shape index (κ1) is 13.3. The zero-order valence-corrected chi connectivity index (χ0v) is 11.3. The van der Waals surface area contributed by atoms with E-state index in [4.69, 9.17) is 0 Å². The van der Waals surface area contributed by atoms with Crippen LogP contribution in [0.4, 0.5) is 0 Å². The summed E-state index contributed by atoms with van der Waals surface area (Å²) in [5.41, 5.74) is 2.36. The Labute approximate surface area is 114 Å². The van der Waals surface area contributed by atoms with E-state index in [0.717, 1.165) is 0 Å². The zero-order valence-electron chi connectivity index (χ0n) is 11.3. The fourth-order valence-corrected chi connectivity index (χ4v) is 1.82. The third-order valence-electron chi connectivity index (χ3n) is 3.07. The molecule has 0 aliphatic rings. The Bertz CT molecular complexity index is 505. The van der Waals surface area contributed by atoms with Crippen molar-refractivity contribution in [3.05, 3.63) is 71.8 Å². The highest BCUT2D eigenvalue weighted by atomic mass is 14.9. The van der Waals surface area contributed by atoms with Crippen molar-refractivity contribution >= 4 is 6.01 Å². The molecule has 0 spiro atoms. The van der Waals surface area contributed by atoms with Gasteiger partial charge in [0.1, 0.15) is 0 Å². The van der Waals surface area contributed by atoms with Crippen molar-refractivity contribution in [2.75, 3.05) is 0 Å². The van der Waals surface area contributed by atoms with Crippen molar-refractivity contribution in [2.45, 2.75) is 25.9 Å². The molecule has 0 unspecified atom stereocenters. The lowest BCUT2D eigenvalue weighted by atomic mass is 10.1. The Hall–Kier alpha value is -2.18. The van der Waals surface area contributed by atoms with Crippen LogP contribution in [0.1, 0.15) is 37.1 Å². The summed E-state index contributed by atoms with van der Waals surface area (Å²) in [6.07, 6.45) is 0. The van der Waals surface area contributed by atoms with Crippen LogP contribution >= 0.6 is 0 Å². The lowest BCUT2D eigenvalue weighted by Gasteiger charge is -2.04. The first-order chi connectivity index (χ1) is 9.27. The molecule has 0 bridgehead atoms. The van der Waals surface area contributed by atoms with Crippen molar-refractivity contribution < 1.29 is 0 Å². The van der Waals surface area contributed by atoms with Crippen LogP contribution in [-0.2, 0) is 0 Å². The molecular formula is C17H18N2. The average Bonchev–Trinajstić information content (AvgIpc) is 2.49. The van der Waals surface area contributed by atoms with Crippen molar-refractivity contribution in [3.63, 3.8) is 0 Å². The summed E-state index contributed by atoms with van der Waals surface area (Å²) < 4.78 is 0. The van der Waals surface area contributed by atoms with Crippen LogP contribution in [0.5, 0.6) is 0 Å². The molecule has 2 rings (SSSR count). The van der Waals surface area contributed by atoms with E-state index < -0.39 is 0 Å². The molecule has 2 heteroatoms. The molecule has 2 aromatic carbocycles. The minimum absolute atomic E-state index is 0.0907. The molecule has 0 N–H and O–H groups in total. The summed E-state index contributed by atoms with van der Waals surface area (Å²) in [6.45, 7) is 4.09. The Kier molecular flexibility index (Phi) is 4.66. The van der Waals surface area contributed by atoms with Gasteiger partial charge in [0.15, 0.2) is 0 Å². The molecule has 0 aliphatic heterocycles. The lowest BCUT2D eigenvalue weighted by Crippen LogP contribution is -1.90. The topological polar surface area (TPSA) is 24.7 Å². The second kappa shape index (κ2) is 6.67. The van der Waals surface area contributed by atoms with Crippen LogP contribution in [0, 0.1) is 0 Å². The highest BCUT2D eigenvalue weighted by Crippen LogP contribution is 2.16. The van der Waals surface area contributed by atoms with E-state index in [1.807, 2.05) is 50.2 Å². The van der Waals surface area contributed by atoms with Crippen LogP contribution in [0.15, 0.2) is 70.6 Å². The average molecular weight is 250 g/mol. The summed E-state index contributed by atoms with van der Waals surface area (Å²) in [5, 5.41) is 0. The van der Waals surface area contributed by atoms with Crippen molar-refractivity contribution in [1.82, 2.24) is 0 Å². The predicted molar refractivity (Wildman–Crippen MR) is 79.6 cm³/mol. The maximum atomic E-state index is 4.34. The SMILES string of the molecule is C[C@@H](N=C=N[C@H](C)c1ccccc1)c1ccccc1. The third kappa shape index (κ3) is 3.90. The normalized spacial score (nSPS) is 13.2. The first-order valence-corrected chi connectivity index (χ1v) is 6.52. The van der Waals surface area contributed by atoms with E-state index in [9.17, 15) is 0 Å². The molecule has 0 radical (unpaired) electrons. The second-order valence-corrected chi connectivity index (χ2v) is 4.53. The van der Waals surface area contributed by atoms with E-state index in [2.05, 4.69) is 40.3 Å². The molecular weight excluding hydrogens is 232 g/mol. The summed E-state index contributed by atoms with van der Waals surface area (Å²) >= 11 is 0. The molecule has 0 amide bonds. The third-order valence-corrected chi connectivity index (χ3v) is 3.07. The van der Waals surface area contributed by atoms with Crippen molar-refractivity contribution in [1.29, 1.82) is 0 Å². The highest BCUT2D eigenvalue weighted by molar-refractivity contribution is 5.43. The van der Waals surface area contributed by atoms with Gasteiger partial charge < -0.3 is 0 Å². The maximum Gasteiger partial charge on any atom is 0.0905 e. The quantitative estimate of drug-likeness (QED) is 0.704. The van der Waals surface area contributed by atoms with Gasteiger partial charge in [-0.3, -0.25) is 0 Å². The molecule has 19 heavy (non-hydrogen) atoms. The van der Waals surface area contributed by atoms with Gasteiger partial charge in [-0.1, -0.05) is 60.7 Å². The van der Waals surface area contributed by atoms with Crippen LogP contribution in [0.25, 0.3) is 0 Å². The number of benzene rings is 2. The van der Waals surface area contributed by atoms with Gasteiger partial charge in [-0.25, -0.2) is 9.98 Å². The number of hydrogen-bond acceptors (Lipinski definition) is 2. The van der Waals surface area contributed by atoms with Gasteiger partial charge in [0, 0.05) is 0 Å². The van der Waals surface area contributed by atoms with Gasteiger partial charge in [-0.15, -0.1) is 0 Å². The molecule has 0 saturated heterocycles. The summed E-state index contributed by atoms with van der Waals surface area (Å²) in [4.78, 5) is 8.69. The number of aliphatic imine (C=N–C) groups is 2. The second-order valence-electron chi connectivity index (χ2n) is 4.53. The molecule has 0 saturated carbocycles. The Morgan fingerprint density at radius 2 is 1.05 bits per heavy atom. The smallest absolute Gasteiger partial charge is 0.0905 e. The van der Waals surface area contributed by atoms with E-state index >= 15 is 0 Å². The van der Waals surface area contributed by atoms with Gasteiger partial charge in [0.25, 0.3) is 0 Å². The van der Waals surface area contributed by atoms with Gasteiger partial charge in [-0.2, -0.15) is 0 Å². The Morgan fingerprint density at radius 3 is 1.42 bits per heavy atom. The molecule has 2 atom stereocenters. The van der Waals surface area contributed by atoms with Crippen molar-refractivity contribution in [3.8, 4) is 0 Å². The van der Waals surface area contributed by atoms with Gasteiger partial charge in [-0.05, 0) is 25.0 Å². The minimum atomic E-state index is 0.0907. The fraction of sp³-hybridized carbons (Fsp3) is 0.235. The van der Waals surface area contributed by atoms with Gasteiger partial charge in [0.05, 0.1) is 18.1 Å². The molecule has 0 aliphatic carbocycles. The summed E-state index contributed by atoms with van der Waals surface area (Å²) in [7, 11) is 0. The Balaban J connectivity index is 2.04. The molecule has 0 aromatic heterocycles. The summed E-state index contributed by atoms with van der Waals surface area (Å²) in [6, 6.07) is 23.4. The number of nitrogens with zero attached hydrogens (tertiary/aromatic N) is 2. The van der Waals surface area contributed by atoms with Crippen LogP contribution in [0.3, 0.4) is 0 Å². The molecule has 2 aromatic rings. The van der Waals surface area contributed by atoms with Gasteiger partial charge in [0.2, 0.25) is 0 Å². The summed E-state index contributed by atoms with van der Waals surface area (Å²) in [5.74, 6) is 0. The Morgan fingerprint density at radius 1 is 0.684 bits per heavy atom. The first-order valence-electron chi connectivity index (χ1n) is 6.52. The minimum Gasteiger partial charge on any atom is -0.218 e. The van der Waals surface area contributed by atoms with E-state index in [1.165, 1.54) is 11.1 Å². The van der Waals surface area contributed by atoms with E-state index in [1.54, 1.807) is 0 Å². The van der Waals surface area contributed by atoms with Crippen molar-refractivity contribution in [2.24, 2.45) is 9.98 Å². The van der Waals surface area contributed by atoms with Crippen LogP contribution in [0.2, 0.25) is 0 Å². The maximum absolute atomic E-state index is 4.34. The number of hydrogen-bond donors (Lipinski definition) is 0. The lowest BCUT2D eigenvalue weighted by molar-refractivity contribution is 0.802. The largest absolute Gasteiger partial charge is 0.218 e. The standard InChI is InChI=1S/C17H18N2/c1-14(16-9-5-3-6-10-16)18-13-19-15(2)17-11-7-4-8-12-17/h3-12,14-15H,1-2H3/t14-,15-/m1/s1. The predicted octanol–water partition coefficient (Wildman–Crippen LogP) is 4.68. The monoisotopic (exact) mass is 250 g/mol. The van der Waals surface area contributed by atoms with Crippen LogP contribution in [-0.4, -0.2) is 6.01 Å². The molecule has 2 nitrogen and oxygen atoms in total. The zero-order chi connectivity index (χ0) is 13.5. The van der Waals surface area contributed by atoms with E-state index in [-0.39, 0.29) is 12.1 Å². The highest BCUT2D eigenvalue weighted by Gasteiger charge is 2.02. The molecule has 0 heterocycles. The molecule has 96 valence electrons.